The number of aromatic nitrogens is 4. The molecule has 9 heteroatoms. The minimum Gasteiger partial charge on any atom is -0.507 e. The molecule has 0 unspecified atom stereocenters. The fourth-order valence-electron chi connectivity index (χ4n) is 4.51. The monoisotopic (exact) mass is 460 g/mol. The SMILES string of the molecule is CN(c1ncc(-c2ccc(-c3nccs3)cc2O)nn1)C1CC(C)(C)NC(C)(C)C1.Cl. The molecule has 0 aliphatic carbocycles. The summed E-state index contributed by atoms with van der Waals surface area (Å²) in [6, 6.07) is 5.78. The molecule has 166 valence electrons. The van der Waals surface area contributed by atoms with Crippen LogP contribution in [0.4, 0.5) is 5.95 Å². The van der Waals surface area contributed by atoms with Crippen molar-refractivity contribution in [2.45, 2.75) is 57.7 Å². The second-order valence-corrected chi connectivity index (χ2v) is 10.2. The van der Waals surface area contributed by atoms with Gasteiger partial charge in [0.05, 0.1) is 6.20 Å². The van der Waals surface area contributed by atoms with Crippen LogP contribution in [0.25, 0.3) is 21.8 Å². The number of nitrogens with one attached hydrogen (secondary N) is 1. The number of hydrogen-bond acceptors (Lipinski definition) is 8. The lowest BCUT2D eigenvalue weighted by atomic mass is 9.79. The van der Waals surface area contributed by atoms with Crippen molar-refractivity contribution in [1.82, 2.24) is 25.5 Å². The molecular formula is C22H29ClN6OS. The molecule has 2 N–H and O–H groups in total. The summed E-state index contributed by atoms with van der Waals surface area (Å²) in [6.07, 6.45) is 5.42. The molecule has 0 bridgehead atoms. The van der Waals surface area contributed by atoms with Crippen molar-refractivity contribution >= 4 is 29.7 Å². The van der Waals surface area contributed by atoms with Crippen LogP contribution in [0.2, 0.25) is 0 Å². The number of phenols is 1. The summed E-state index contributed by atoms with van der Waals surface area (Å²) in [4.78, 5) is 11.0. The van der Waals surface area contributed by atoms with Crippen molar-refractivity contribution in [2.75, 3.05) is 11.9 Å². The smallest absolute Gasteiger partial charge is 0.245 e. The van der Waals surface area contributed by atoms with Crippen LogP contribution in [0.3, 0.4) is 0 Å². The van der Waals surface area contributed by atoms with E-state index in [1.807, 2.05) is 24.6 Å². The van der Waals surface area contributed by atoms with E-state index in [1.54, 1.807) is 18.5 Å². The summed E-state index contributed by atoms with van der Waals surface area (Å²) in [5, 5.41) is 25.7. The Bertz CT molecular complexity index is 1010. The van der Waals surface area contributed by atoms with Crippen LogP contribution < -0.4 is 10.2 Å². The highest BCUT2D eigenvalue weighted by Gasteiger charge is 2.39. The van der Waals surface area contributed by atoms with Crippen molar-refractivity contribution in [1.29, 1.82) is 0 Å². The van der Waals surface area contributed by atoms with Gasteiger partial charge >= 0.3 is 0 Å². The third-order valence-electron chi connectivity index (χ3n) is 5.53. The molecule has 31 heavy (non-hydrogen) atoms. The maximum atomic E-state index is 10.5. The number of phenolic OH excluding ortho intramolecular Hbond substituents is 1. The van der Waals surface area contributed by atoms with Gasteiger partial charge in [0.2, 0.25) is 5.95 Å². The predicted molar refractivity (Wildman–Crippen MR) is 128 cm³/mol. The van der Waals surface area contributed by atoms with E-state index in [4.69, 9.17) is 0 Å². The van der Waals surface area contributed by atoms with Gasteiger partial charge in [0, 0.05) is 46.9 Å². The third-order valence-corrected chi connectivity index (χ3v) is 6.36. The number of thiazole rings is 1. The van der Waals surface area contributed by atoms with Crippen LogP contribution in [-0.4, -0.2) is 49.4 Å². The number of rotatable bonds is 4. The van der Waals surface area contributed by atoms with Gasteiger partial charge in [-0.05, 0) is 52.7 Å². The molecule has 0 radical (unpaired) electrons. The molecule has 0 spiro atoms. The Kier molecular flexibility index (Phi) is 6.55. The van der Waals surface area contributed by atoms with Gasteiger partial charge in [0.1, 0.15) is 16.5 Å². The zero-order chi connectivity index (χ0) is 21.5. The summed E-state index contributed by atoms with van der Waals surface area (Å²) < 4.78 is 0. The van der Waals surface area contributed by atoms with Gasteiger partial charge in [-0.1, -0.05) is 6.07 Å². The number of halogens is 1. The lowest BCUT2D eigenvalue weighted by Gasteiger charge is -2.48. The van der Waals surface area contributed by atoms with Crippen LogP contribution in [-0.2, 0) is 0 Å². The molecule has 1 aromatic carbocycles. The second kappa shape index (κ2) is 8.68. The molecule has 0 amide bonds. The highest BCUT2D eigenvalue weighted by atomic mass is 35.5. The van der Waals surface area contributed by atoms with Crippen LogP contribution in [0.5, 0.6) is 5.75 Å². The number of piperidine rings is 1. The van der Waals surface area contributed by atoms with E-state index in [0.717, 1.165) is 23.4 Å². The van der Waals surface area contributed by atoms with Crippen molar-refractivity contribution in [3.8, 4) is 27.6 Å². The summed E-state index contributed by atoms with van der Waals surface area (Å²) in [6.45, 7) is 8.93. The number of aromatic hydroxyl groups is 1. The van der Waals surface area contributed by atoms with Crippen LogP contribution in [0, 0.1) is 0 Å². The fraction of sp³-hybridized carbons (Fsp3) is 0.455. The fourth-order valence-corrected chi connectivity index (χ4v) is 5.14. The minimum atomic E-state index is 0. The zero-order valence-electron chi connectivity index (χ0n) is 18.5. The van der Waals surface area contributed by atoms with E-state index in [2.05, 4.69) is 58.1 Å². The van der Waals surface area contributed by atoms with Gasteiger partial charge in [-0.25, -0.2) is 9.97 Å². The maximum Gasteiger partial charge on any atom is 0.245 e. The van der Waals surface area contributed by atoms with Gasteiger partial charge in [-0.15, -0.1) is 33.9 Å². The van der Waals surface area contributed by atoms with Gasteiger partial charge < -0.3 is 15.3 Å². The van der Waals surface area contributed by atoms with Crippen LogP contribution in [0.1, 0.15) is 40.5 Å². The molecule has 1 aliphatic rings. The Morgan fingerprint density at radius 3 is 2.35 bits per heavy atom. The molecule has 3 aromatic rings. The average molecular weight is 461 g/mol. The molecule has 0 saturated carbocycles. The van der Waals surface area contributed by atoms with E-state index in [-0.39, 0.29) is 29.2 Å². The highest BCUT2D eigenvalue weighted by Crippen LogP contribution is 2.34. The van der Waals surface area contributed by atoms with Crippen molar-refractivity contribution in [3.05, 3.63) is 36.0 Å². The first-order valence-corrected chi connectivity index (χ1v) is 11.0. The molecule has 7 nitrogen and oxygen atoms in total. The topological polar surface area (TPSA) is 87.1 Å². The molecule has 2 aromatic heterocycles. The normalized spacial score (nSPS) is 17.7. The highest BCUT2D eigenvalue weighted by molar-refractivity contribution is 7.13. The van der Waals surface area contributed by atoms with Gasteiger partial charge in [0.15, 0.2) is 0 Å². The Morgan fingerprint density at radius 1 is 1.10 bits per heavy atom. The Hall–Kier alpha value is -2.29. The number of hydrogen-bond donors (Lipinski definition) is 2. The van der Waals surface area contributed by atoms with Crippen LogP contribution in [0.15, 0.2) is 36.0 Å². The largest absolute Gasteiger partial charge is 0.507 e. The molecule has 1 aliphatic heterocycles. The molecular weight excluding hydrogens is 432 g/mol. The first kappa shape index (κ1) is 23.4. The Morgan fingerprint density at radius 2 is 1.81 bits per heavy atom. The van der Waals surface area contributed by atoms with E-state index in [9.17, 15) is 5.11 Å². The zero-order valence-corrected chi connectivity index (χ0v) is 20.1. The van der Waals surface area contributed by atoms with Crippen molar-refractivity contribution in [3.63, 3.8) is 0 Å². The summed E-state index contributed by atoms with van der Waals surface area (Å²) in [5.74, 6) is 0.734. The number of anilines is 1. The lowest BCUT2D eigenvalue weighted by molar-refractivity contribution is 0.160. The quantitative estimate of drug-likeness (QED) is 0.591. The summed E-state index contributed by atoms with van der Waals surface area (Å²) in [5.41, 5.74) is 2.10. The average Bonchev–Trinajstić information content (AvgIpc) is 3.20. The Balaban J connectivity index is 0.00000272. The summed E-state index contributed by atoms with van der Waals surface area (Å²) >= 11 is 1.53. The predicted octanol–water partition coefficient (Wildman–Crippen LogP) is 4.53. The molecule has 0 atom stereocenters. The van der Waals surface area contributed by atoms with Gasteiger partial charge in [-0.3, -0.25) is 0 Å². The third kappa shape index (κ3) is 5.14. The Labute approximate surface area is 193 Å². The lowest BCUT2D eigenvalue weighted by Crippen LogP contribution is -2.62. The van der Waals surface area contributed by atoms with Crippen molar-refractivity contribution < 1.29 is 5.11 Å². The van der Waals surface area contributed by atoms with E-state index < -0.39 is 0 Å². The molecule has 1 fully saturated rings. The number of benzene rings is 1. The summed E-state index contributed by atoms with van der Waals surface area (Å²) in [7, 11) is 2.03. The standard InChI is InChI=1S/C22H28N6OS.ClH/c1-21(2)11-15(12-22(3,4)27-21)28(5)20-24-13-17(25-26-20)16-7-6-14(10-18(16)29)19-23-8-9-30-19;/h6-10,13,15,27,29H,11-12H2,1-5H3;1H. The minimum absolute atomic E-state index is 0. The van der Waals surface area contributed by atoms with Crippen LogP contribution >= 0.6 is 23.7 Å². The maximum absolute atomic E-state index is 10.5. The van der Waals surface area contributed by atoms with Crippen molar-refractivity contribution in [2.24, 2.45) is 0 Å². The van der Waals surface area contributed by atoms with Gasteiger partial charge in [0.25, 0.3) is 0 Å². The number of nitrogens with zero attached hydrogens (tertiary/aromatic N) is 5. The molecule has 3 heterocycles. The molecule has 1 saturated heterocycles. The van der Waals surface area contributed by atoms with E-state index in [1.165, 1.54) is 11.3 Å². The first-order valence-electron chi connectivity index (χ1n) is 10.1. The first-order chi connectivity index (χ1) is 14.1. The van der Waals surface area contributed by atoms with E-state index in [0.29, 0.717) is 23.2 Å². The molecule has 4 rings (SSSR count). The van der Waals surface area contributed by atoms with E-state index >= 15 is 0 Å². The van der Waals surface area contributed by atoms with Gasteiger partial charge in [-0.2, -0.15) is 0 Å². The second-order valence-electron chi connectivity index (χ2n) is 9.28.